The zero-order valence-electron chi connectivity index (χ0n) is 12.0. The Morgan fingerprint density at radius 1 is 1.48 bits per heavy atom. The van der Waals surface area contributed by atoms with Crippen LogP contribution in [0.15, 0.2) is 23.6 Å². The lowest BCUT2D eigenvalue weighted by atomic mass is 10.1. The number of hydrogen-bond acceptors (Lipinski definition) is 4. The monoisotopic (exact) mass is 328 g/mol. The van der Waals surface area contributed by atoms with Crippen molar-refractivity contribution in [2.24, 2.45) is 0 Å². The van der Waals surface area contributed by atoms with Gasteiger partial charge in [0.25, 0.3) is 0 Å². The molecule has 2 rings (SSSR count). The van der Waals surface area contributed by atoms with Crippen LogP contribution in [-0.2, 0) is 12.4 Å². The van der Waals surface area contributed by atoms with Gasteiger partial charge in [-0.15, -0.1) is 22.9 Å². The van der Waals surface area contributed by atoms with Gasteiger partial charge >= 0.3 is 0 Å². The smallest absolute Gasteiger partial charge is 0.127 e. The highest BCUT2D eigenvalue weighted by Gasteiger charge is 2.11. The summed E-state index contributed by atoms with van der Waals surface area (Å²) in [6, 6.07) is 5.00. The van der Waals surface area contributed by atoms with Gasteiger partial charge in [-0.05, 0) is 32.2 Å². The van der Waals surface area contributed by atoms with Gasteiger partial charge in [0, 0.05) is 29.6 Å². The minimum absolute atomic E-state index is 0.245. The topological polar surface area (TPSA) is 36.4 Å². The Hall–Kier alpha value is -1.01. The number of thiazole rings is 1. The van der Waals surface area contributed by atoms with Crippen LogP contribution in [0, 0.1) is 5.82 Å². The van der Waals surface area contributed by atoms with Crippen LogP contribution < -0.4 is 0 Å². The van der Waals surface area contributed by atoms with Crippen molar-refractivity contribution in [2.75, 3.05) is 13.6 Å². The molecule has 0 bridgehead atoms. The summed E-state index contributed by atoms with van der Waals surface area (Å²) in [6.45, 7) is 2.65. The lowest BCUT2D eigenvalue weighted by molar-refractivity contribution is 0.138. The Morgan fingerprint density at radius 2 is 2.24 bits per heavy atom. The van der Waals surface area contributed by atoms with E-state index in [2.05, 4.69) is 4.98 Å². The zero-order valence-corrected chi connectivity index (χ0v) is 13.6. The van der Waals surface area contributed by atoms with Crippen LogP contribution in [0.25, 0.3) is 10.6 Å². The lowest BCUT2D eigenvalue weighted by Crippen LogP contribution is -2.27. The molecule has 1 N–H and O–H groups in total. The van der Waals surface area contributed by atoms with Crippen molar-refractivity contribution in [3.05, 3.63) is 40.7 Å². The molecule has 0 fully saturated rings. The van der Waals surface area contributed by atoms with Crippen molar-refractivity contribution in [1.82, 2.24) is 9.88 Å². The molecule has 6 heteroatoms. The maximum atomic E-state index is 13.9. The lowest BCUT2D eigenvalue weighted by Gasteiger charge is -2.19. The summed E-state index contributed by atoms with van der Waals surface area (Å²) in [5.74, 6) is 0.132. The SMILES string of the molecule is CC(O)CN(C)Cc1cc(-c2nc(CCl)cs2)ccc1F. The van der Waals surface area contributed by atoms with Crippen LogP contribution in [-0.4, -0.2) is 34.7 Å². The van der Waals surface area contributed by atoms with E-state index in [9.17, 15) is 9.50 Å². The number of hydrogen-bond donors (Lipinski definition) is 1. The summed E-state index contributed by atoms with van der Waals surface area (Å²) in [7, 11) is 1.85. The minimum atomic E-state index is -0.438. The Bertz CT molecular complexity index is 603. The predicted molar refractivity (Wildman–Crippen MR) is 85.1 cm³/mol. The molecule has 0 aliphatic rings. The highest BCUT2D eigenvalue weighted by molar-refractivity contribution is 7.13. The molecule has 1 unspecified atom stereocenters. The maximum Gasteiger partial charge on any atom is 0.127 e. The molecule has 0 amide bonds. The number of likely N-dealkylation sites (N-methyl/N-ethyl adjacent to an activating group) is 1. The van der Waals surface area contributed by atoms with Gasteiger partial charge in [0.2, 0.25) is 0 Å². The standard InChI is InChI=1S/C15H18ClFN2OS/c1-10(20)7-19(2)8-12-5-11(3-4-14(12)17)15-18-13(6-16)9-21-15/h3-5,9-10,20H,6-8H2,1-2H3. The molecule has 0 radical (unpaired) electrons. The summed E-state index contributed by atoms with van der Waals surface area (Å²) in [5, 5.41) is 12.1. The Labute approximate surface area is 133 Å². The van der Waals surface area contributed by atoms with Crippen LogP contribution in [0.5, 0.6) is 0 Å². The van der Waals surface area contributed by atoms with Crippen molar-refractivity contribution < 1.29 is 9.50 Å². The van der Waals surface area contributed by atoms with Crippen LogP contribution >= 0.6 is 22.9 Å². The number of aliphatic hydroxyl groups excluding tert-OH is 1. The van der Waals surface area contributed by atoms with Crippen molar-refractivity contribution in [2.45, 2.75) is 25.5 Å². The van der Waals surface area contributed by atoms with Gasteiger partial charge in [-0.25, -0.2) is 9.37 Å². The highest BCUT2D eigenvalue weighted by atomic mass is 35.5. The molecule has 0 aliphatic heterocycles. The van der Waals surface area contributed by atoms with Gasteiger partial charge in [-0.1, -0.05) is 0 Å². The summed E-state index contributed by atoms with van der Waals surface area (Å²) in [5.41, 5.74) is 2.31. The first-order chi connectivity index (χ1) is 9.99. The van der Waals surface area contributed by atoms with E-state index in [0.717, 1.165) is 16.3 Å². The number of benzene rings is 1. The summed E-state index contributed by atoms with van der Waals surface area (Å²) in [6.07, 6.45) is -0.438. The largest absolute Gasteiger partial charge is 0.392 e. The van der Waals surface area contributed by atoms with E-state index in [4.69, 9.17) is 11.6 Å². The highest BCUT2D eigenvalue weighted by Crippen LogP contribution is 2.26. The molecular weight excluding hydrogens is 311 g/mol. The number of aliphatic hydroxyl groups is 1. The summed E-state index contributed by atoms with van der Waals surface area (Å²) < 4.78 is 13.9. The second-order valence-electron chi connectivity index (χ2n) is 5.13. The number of alkyl halides is 1. The van der Waals surface area contributed by atoms with Crippen LogP contribution in [0.2, 0.25) is 0 Å². The van der Waals surface area contributed by atoms with Gasteiger partial charge in [0.05, 0.1) is 17.7 Å². The van der Waals surface area contributed by atoms with Crippen molar-refractivity contribution >= 4 is 22.9 Å². The third kappa shape index (κ3) is 4.48. The molecule has 3 nitrogen and oxygen atoms in total. The van der Waals surface area contributed by atoms with E-state index in [1.165, 1.54) is 17.4 Å². The van der Waals surface area contributed by atoms with Gasteiger partial charge in [-0.2, -0.15) is 0 Å². The van der Waals surface area contributed by atoms with Crippen LogP contribution in [0.3, 0.4) is 0 Å². The molecule has 1 atom stereocenters. The molecule has 0 aliphatic carbocycles. The number of nitrogens with zero attached hydrogens (tertiary/aromatic N) is 2. The second kappa shape index (κ2) is 7.31. The number of halogens is 2. The fraction of sp³-hybridized carbons (Fsp3) is 0.400. The van der Waals surface area contributed by atoms with Crippen molar-refractivity contribution in [1.29, 1.82) is 0 Å². The second-order valence-corrected chi connectivity index (χ2v) is 6.25. The van der Waals surface area contributed by atoms with Gasteiger partial charge in [0.15, 0.2) is 0 Å². The molecule has 1 aromatic heterocycles. The first-order valence-electron chi connectivity index (χ1n) is 6.65. The number of rotatable bonds is 6. The minimum Gasteiger partial charge on any atom is -0.392 e. The zero-order chi connectivity index (χ0) is 15.4. The fourth-order valence-corrected chi connectivity index (χ4v) is 3.18. The van der Waals surface area contributed by atoms with E-state index < -0.39 is 6.10 Å². The Morgan fingerprint density at radius 3 is 2.86 bits per heavy atom. The third-order valence-corrected chi connectivity index (χ3v) is 4.21. The summed E-state index contributed by atoms with van der Waals surface area (Å²) >= 11 is 7.25. The average Bonchev–Trinajstić information content (AvgIpc) is 2.89. The van der Waals surface area contributed by atoms with Crippen LogP contribution in [0.4, 0.5) is 4.39 Å². The molecule has 0 saturated heterocycles. The van der Waals surface area contributed by atoms with Gasteiger partial charge in [0.1, 0.15) is 10.8 Å². The Balaban J connectivity index is 2.20. The normalized spacial score (nSPS) is 12.9. The maximum absolute atomic E-state index is 13.9. The summed E-state index contributed by atoms with van der Waals surface area (Å²) in [4.78, 5) is 6.30. The molecule has 1 aromatic carbocycles. The number of aromatic nitrogens is 1. The van der Waals surface area contributed by atoms with Crippen LogP contribution in [0.1, 0.15) is 18.2 Å². The van der Waals surface area contributed by atoms with Gasteiger partial charge < -0.3 is 5.11 Å². The van der Waals surface area contributed by atoms with Crippen molar-refractivity contribution in [3.63, 3.8) is 0 Å². The van der Waals surface area contributed by atoms with E-state index in [1.54, 1.807) is 13.0 Å². The molecular formula is C15H18ClFN2OS. The molecule has 0 spiro atoms. The average molecular weight is 329 g/mol. The first kappa shape index (κ1) is 16.4. The predicted octanol–water partition coefficient (Wildman–Crippen LogP) is 3.50. The quantitative estimate of drug-likeness (QED) is 0.824. The van der Waals surface area contributed by atoms with E-state index in [-0.39, 0.29) is 5.82 Å². The molecule has 21 heavy (non-hydrogen) atoms. The van der Waals surface area contributed by atoms with E-state index in [0.29, 0.717) is 24.5 Å². The molecule has 1 heterocycles. The van der Waals surface area contributed by atoms with E-state index in [1.807, 2.05) is 23.4 Å². The molecule has 0 saturated carbocycles. The molecule has 114 valence electrons. The third-order valence-electron chi connectivity index (χ3n) is 3.00. The van der Waals surface area contributed by atoms with E-state index >= 15 is 0 Å². The van der Waals surface area contributed by atoms with Gasteiger partial charge in [-0.3, -0.25) is 4.90 Å². The van der Waals surface area contributed by atoms with Crippen molar-refractivity contribution in [3.8, 4) is 10.6 Å². The first-order valence-corrected chi connectivity index (χ1v) is 8.06. The molecule has 2 aromatic rings. The fourth-order valence-electron chi connectivity index (χ4n) is 2.14. The Kier molecular flexibility index (Phi) is 5.70.